The van der Waals surface area contributed by atoms with Crippen LogP contribution in [0.1, 0.15) is 12.0 Å². The molecule has 0 saturated carbocycles. The minimum atomic E-state index is -0.801. The lowest BCUT2D eigenvalue weighted by Gasteiger charge is -2.26. The topological polar surface area (TPSA) is 40.5 Å². The second-order valence-electron chi connectivity index (χ2n) is 4.12. The Hall–Kier alpha value is -1.61. The monoisotopic (exact) mass is 217 g/mol. The maximum atomic E-state index is 11.2. The molecule has 0 spiro atoms. The third-order valence-corrected chi connectivity index (χ3v) is 2.92. The molecule has 84 valence electrons. The van der Waals surface area contributed by atoms with Crippen LogP contribution in [0, 0.1) is 0 Å². The van der Waals surface area contributed by atoms with Gasteiger partial charge in [0.15, 0.2) is 0 Å². The van der Waals surface area contributed by atoms with Gasteiger partial charge in [-0.1, -0.05) is 30.3 Å². The molecule has 0 unspecified atom stereocenters. The lowest BCUT2D eigenvalue weighted by Crippen LogP contribution is -2.30. The van der Waals surface area contributed by atoms with Gasteiger partial charge in [-0.05, 0) is 24.6 Å². The van der Waals surface area contributed by atoms with Gasteiger partial charge in [0, 0.05) is 13.1 Å². The number of hydrogen-bond acceptors (Lipinski definition) is 2. The van der Waals surface area contributed by atoms with Crippen molar-refractivity contribution in [2.45, 2.75) is 6.42 Å². The molecule has 1 aliphatic rings. The zero-order valence-electron chi connectivity index (χ0n) is 9.31. The van der Waals surface area contributed by atoms with Crippen LogP contribution < -0.4 is 0 Å². The molecule has 0 amide bonds. The van der Waals surface area contributed by atoms with E-state index in [1.165, 1.54) is 0 Å². The van der Waals surface area contributed by atoms with E-state index in [4.69, 9.17) is 0 Å². The van der Waals surface area contributed by atoms with E-state index in [0.29, 0.717) is 12.1 Å². The van der Waals surface area contributed by atoms with Crippen molar-refractivity contribution in [1.29, 1.82) is 0 Å². The molecule has 0 aliphatic carbocycles. The van der Waals surface area contributed by atoms with Gasteiger partial charge >= 0.3 is 5.97 Å². The van der Waals surface area contributed by atoms with Crippen LogP contribution >= 0.6 is 0 Å². The van der Waals surface area contributed by atoms with Gasteiger partial charge in [0.1, 0.15) is 0 Å². The summed E-state index contributed by atoms with van der Waals surface area (Å²) in [6.45, 7) is 1.45. The Bertz CT molecular complexity index is 423. The number of hydrogen-bond donors (Lipinski definition) is 1. The highest BCUT2D eigenvalue weighted by Crippen LogP contribution is 2.26. The summed E-state index contributed by atoms with van der Waals surface area (Å²) in [7, 11) is 1.95. The lowest BCUT2D eigenvalue weighted by atomic mass is 9.94. The summed E-state index contributed by atoms with van der Waals surface area (Å²) in [5, 5.41) is 9.20. The number of likely N-dealkylation sites (N-methyl/N-ethyl adjacent to an activating group) is 1. The lowest BCUT2D eigenvalue weighted by molar-refractivity contribution is -0.132. The first-order valence-corrected chi connectivity index (χ1v) is 5.38. The van der Waals surface area contributed by atoms with E-state index in [1.807, 2.05) is 42.3 Å². The van der Waals surface area contributed by atoms with E-state index in [9.17, 15) is 9.90 Å². The second kappa shape index (κ2) is 4.49. The largest absolute Gasteiger partial charge is 0.478 e. The van der Waals surface area contributed by atoms with Crippen molar-refractivity contribution in [3.63, 3.8) is 0 Å². The molecule has 0 atom stereocenters. The van der Waals surface area contributed by atoms with Gasteiger partial charge in [-0.2, -0.15) is 0 Å². The minimum absolute atomic E-state index is 0.527. The third kappa shape index (κ3) is 2.14. The second-order valence-corrected chi connectivity index (χ2v) is 4.12. The molecule has 0 radical (unpaired) electrons. The number of carboxylic acid groups (broad SMARTS) is 1. The normalized spacial score (nSPS) is 17.6. The molecule has 0 saturated heterocycles. The first-order valence-electron chi connectivity index (χ1n) is 5.38. The highest BCUT2D eigenvalue weighted by Gasteiger charge is 2.21. The quantitative estimate of drug-likeness (QED) is 0.822. The van der Waals surface area contributed by atoms with Crippen molar-refractivity contribution in [2.75, 3.05) is 20.1 Å². The van der Waals surface area contributed by atoms with Crippen molar-refractivity contribution >= 4 is 11.5 Å². The molecular formula is C13H15NO2. The van der Waals surface area contributed by atoms with Crippen LogP contribution in [0.25, 0.3) is 5.57 Å². The van der Waals surface area contributed by atoms with Gasteiger partial charge in [0.05, 0.1) is 5.57 Å². The molecule has 0 aromatic heterocycles. The van der Waals surface area contributed by atoms with Crippen LogP contribution in [0.4, 0.5) is 0 Å². The van der Waals surface area contributed by atoms with Gasteiger partial charge in [-0.3, -0.25) is 0 Å². The Morgan fingerprint density at radius 3 is 2.62 bits per heavy atom. The van der Waals surface area contributed by atoms with Crippen molar-refractivity contribution in [2.24, 2.45) is 0 Å². The van der Waals surface area contributed by atoms with Gasteiger partial charge < -0.3 is 10.0 Å². The highest BCUT2D eigenvalue weighted by atomic mass is 16.4. The number of benzene rings is 1. The maximum absolute atomic E-state index is 11.2. The Labute approximate surface area is 95.0 Å². The fourth-order valence-corrected chi connectivity index (χ4v) is 2.05. The van der Waals surface area contributed by atoms with E-state index < -0.39 is 5.97 Å². The SMILES string of the molecule is CN1CCC(c2ccccc2)=C(C(=O)O)C1. The average molecular weight is 217 g/mol. The molecule has 3 heteroatoms. The number of carboxylic acids is 1. The van der Waals surface area contributed by atoms with E-state index in [2.05, 4.69) is 0 Å². The molecule has 1 aromatic rings. The van der Waals surface area contributed by atoms with Gasteiger partial charge in [0.2, 0.25) is 0 Å². The van der Waals surface area contributed by atoms with E-state index in [-0.39, 0.29) is 0 Å². The summed E-state index contributed by atoms with van der Waals surface area (Å²) in [6, 6.07) is 9.78. The van der Waals surface area contributed by atoms with E-state index >= 15 is 0 Å². The zero-order chi connectivity index (χ0) is 11.5. The van der Waals surface area contributed by atoms with Crippen LogP contribution in [0.5, 0.6) is 0 Å². The van der Waals surface area contributed by atoms with Crippen molar-refractivity contribution < 1.29 is 9.90 Å². The van der Waals surface area contributed by atoms with Crippen LogP contribution in [0.2, 0.25) is 0 Å². The van der Waals surface area contributed by atoms with E-state index in [1.54, 1.807) is 0 Å². The van der Waals surface area contributed by atoms with Gasteiger partial charge in [-0.15, -0.1) is 0 Å². The number of rotatable bonds is 2. The molecule has 1 aromatic carbocycles. The molecule has 16 heavy (non-hydrogen) atoms. The Morgan fingerprint density at radius 1 is 1.31 bits per heavy atom. The molecule has 1 aliphatic heterocycles. The average Bonchev–Trinajstić information content (AvgIpc) is 2.30. The Morgan fingerprint density at radius 2 is 2.00 bits per heavy atom. The predicted molar refractivity (Wildman–Crippen MR) is 63.1 cm³/mol. The number of carbonyl (C=O) groups is 1. The smallest absolute Gasteiger partial charge is 0.333 e. The van der Waals surface area contributed by atoms with E-state index in [0.717, 1.165) is 24.1 Å². The Balaban J connectivity index is 2.43. The summed E-state index contributed by atoms with van der Waals surface area (Å²) in [5.74, 6) is -0.801. The van der Waals surface area contributed by atoms with Crippen molar-refractivity contribution in [1.82, 2.24) is 4.90 Å². The molecule has 1 N–H and O–H groups in total. The molecule has 1 heterocycles. The van der Waals surface area contributed by atoms with Gasteiger partial charge in [-0.25, -0.2) is 4.79 Å². The predicted octanol–water partition coefficient (Wildman–Crippen LogP) is 1.86. The van der Waals surface area contributed by atoms with Crippen LogP contribution in [-0.4, -0.2) is 36.1 Å². The summed E-state index contributed by atoms with van der Waals surface area (Å²) < 4.78 is 0. The maximum Gasteiger partial charge on any atom is 0.333 e. The number of nitrogens with zero attached hydrogens (tertiary/aromatic N) is 1. The zero-order valence-corrected chi connectivity index (χ0v) is 9.31. The fourth-order valence-electron chi connectivity index (χ4n) is 2.05. The Kier molecular flexibility index (Phi) is 3.06. The first-order chi connectivity index (χ1) is 7.68. The standard InChI is InChI=1S/C13H15NO2/c1-14-8-7-11(12(9-14)13(15)16)10-5-3-2-4-6-10/h2-6H,7-9H2,1H3,(H,15,16). The van der Waals surface area contributed by atoms with Crippen LogP contribution in [-0.2, 0) is 4.79 Å². The fraction of sp³-hybridized carbons (Fsp3) is 0.308. The summed E-state index contributed by atoms with van der Waals surface area (Å²) in [4.78, 5) is 13.2. The molecule has 3 nitrogen and oxygen atoms in total. The van der Waals surface area contributed by atoms with Crippen LogP contribution in [0.3, 0.4) is 0 Å². The van der Waals surface area contributed by atoms with Crippen molar-refractivity contribution in [3.05, 3.63) is 41.5 Å². The minimum Gasteiger partial charge on any atom is -0.478 e. The van der Waals surface area contributed by atoms with Crippen molar-refractivity contribution in [3.8, 4) is 0 Å². The summed E-state index contributed by atoms with van der Waals surface area (Å²) in [5.41, 5.74) is 2.54. The molecule has 0 fully saturated rings. The summed E-state index contributed by atoms with van der Waals surface area (Å²) in [6.07, 6.45) is 0.808. The van der Waals surface area contributed by atoms with Crippen LogP contribution in [0.15, 0.2) is 35.9 Å². The van der Waals surface area contributed by atoms with Gasteiger partial charge in [0.25, 0.3) is 0 Å². The molecular weight excluding hydrogens is 202 g/mol. The molecule has 0 bridgehead atoms. The summed E-state index contributed by atoms with van der Waals surface area (Å²) >= 11 is 0. The third-order valence-electron chi connectivity index (χ3n) is 2.92. The number of aliphatic carboxylic acids is 1. The highest BCUT2D eigenvalue weighted by molar-refractivity contribution is 5.97. The first kappa shape index (κ1) is 10.9. The molecule has 2 rings (SSSR count).